The van der Waals surface area contributed by atoms with Crippen molar-refractivity contribution in [1.82, 2.24) is 15.5 Å². The van der Waals surface area contributed by atoms with Crippen molar-refractivity contribution in [3.05, 3.63) is 59.5 Å². The van der Waals surface area contributed by atoms with Gasteiger partial charge in [0.25, 0.3) is 0 Å². The molecule has 1 aromatic heterocycles. The smallest absolute Gasteiger partial charge is 0.222 e. The highest BCUT2D eigenvalue weighted by Crippen LogP contribution is 2.21. The molecular weight excluding hydrogens is 507 g/mol. The Morgan fingerprint density at radius 1 is 1.23 bits per heavy atom. The fourth-order valence-electron chi connectivity index (χ4n) is 3.55. The van der Waals surface area contributed by atoms with Gasteiger partial charge in [0.15, 0.2) is 5.96 Å². The van der Waals surface area contributed by atoms with Crippen molar-refractivity contribution in [3.8, 4) is 0 Å². The van der Waals surface area contributed by atoms with Crippen molar-refractivity contribution in [1.29, 1.82) is 0 Å². The fourth-order valence-corrected chi connectivity index (χ4v) is 3.55. The van der Waals surface area contributed by atoms with E-state index >= 15 is 0 Å². The van der Waals surface area contributed by atoms with E-state index in [4.69, 9.17) is 4.42 Å². The summed E-state index contributed by atoms with van der Waals surface area (Å²) in [5.74, 6) is 1.29. The van der Waals surface area contributed by atoms with Gasteiger partial charge in [0, 0.05) is 32.6 Å². The SMILES string of the molecule is CCNC(=NCC(C)(O)c1ccco1)NCCCC(=O)N1CCc2ccccc2C1.I. The number of hydrogen-bond acceptors (Lipinski definition) is 4. The molecule has 8 heteroatoms. The Morgan fingerprint density at radius 2 is 2.00 bits per heavy atom. The van der Waals surface area contributed by atoms with Gasteiger partial charge in [-0.2, -0.15) is 0 Å². The molecule has 0 radical (unpaired) electrons. The van der Waals surface area contributed by atoms with Crippen molar-refractivity contribution in [2.75, 3.05) is 26.2 Å². The molecule has 2 heterocycles. The summed E-state index contributed by atoms with van der Waals surface area (Å²) in [7, 11) is 0. The van der Waals surface area contributed by atoms with Gasteiger partial charge < -0.3 is 25.1 Å². The molecule has 0 bridgehead atoms. The zero-order valence-electron chi connectivity index (χ0n) is 18.3. The third kappa shape index (κ3) is 7.24. The number of benzene rings is 1. The number of amides is 1. The Balaban J connectivity index is 0.00000341. The van der Waals surface area contributed by atoms with Crippen molar-refractivity contribution in [2.24, 2.45) is 4.99 Å². The molecule has 1 aliphatic heterocycles. The Bertz CT molecular complexity index is 852. The van der Waals surface area contributed by atoms with Crippen LogP contribution in [0.15, 0.2) is 52.1 Å². The number of nitrogens with one attached hydrogen (secondary N) is 2. The predicted molar refractivity (Wildman–Crippen MR) is 132 cm³/mol. The molecule has 0 aliphatic carbocycles. The maximum absolute atomic E-state index is 12.6. The van der Waals surface area contributed by atoms with Crippen molar-refractivity contribution >= 4 is 35.8 Å². The van der Waals surface area contributed by atoms with Crippen LogP contribution in [0.4, 0.5) is 0 Å². The van der Waals surface area contributed by atoms with E-state index < -0.39 is 5.60 Å². The van der Waals surface area contributed by atoms with Crippen LogP contribution < -0.4 is 10.6 Å². The molecule has 0 saturated heterocycles. The summed E-state index contributed by atoms with van der Waals surface area (Å²) in [6.07, 6.45) is 3.68. The van der Waals surface area contributed by atoms with Crippen molar-refractivity contribution in [2.45, 2.75) is 45.3 Å². The second-order valence-corrected chi connectivity index (χ2v) is 7.81. The first-order valence-corrected chi connectivity index (χ1v) is 10.6. The predicted octanol–water partition coefficient (Wildman–Crippen LogP) is 3.03. The van der Waals surface area contributed by atoms with E-state index in [1.54, 1.807) is 19.1 Å². The van der Waals surface area contributed by atoms with Crippen LogP contribution in [-0.4, -0.2) is 48.1 Å². The van der Waals surface area contributed by atoms with Gasteiger partial charge in [0.2, 0.25) is 5.91 Å². The minimum Gasteiger partial charge on any atom is -0.466 e. The van der Waals surface area contributed by atoms with E-state index in [-0.39, 0.29) is 36.4 Å². The molecule has 1 atom stereocenters. The molecule has 1 unspecified atom stereocenters. The lowest BCUT2D eigenvalue weighted by Crippen LogP contribution is -2.40. The van der Waals surface area contributed by atoms with E-state index in [1.165, 1.54) is 17.4 Å². The van der Waals surface area contributed by atoms with E-state index in [1.807, 2.05) is 17.9 Å². The molecule has 3 N–H and O–H groups in total. The molecule has 1 aromatic carbocycles. The summed E-state index contributed by atoms with van der Waals surface area (Å²) in [6, 6.07) is 11.8. The number of nitrogens with zero attached hydrogens (tertiary/aromatic N) is 2. The lowest BCUT2D eigenvalue weighted by atomic mass is 9.99. The topological polar surface area (TPSA) is 90.1 Å². The Morgan fingerprint density at radius 3 is 2.71 bits per heavy atom. The molecule has 2 aromatic rings. The van der Waals surface area contributed by atoms with Crippen LogP contribution >= 0.6 is 24.0 Å². The van der Waals surface area contributed by atoms with Gasteiger partial charge in [-0.3, -0.25) is 4.79 Å². The van der Waals surface area contributed by atoms with Crippen LogP contribution in [0.25, 0.3) is 0 Å². The van der Waals surface area contributed by atoms with Gasteiger partial charge in [0.05, 0.1) is 12.8 Å². The average Bonchev–Trinajstić information content (AvgIpc) is 3.30. The molecule has 170 valence electrons. The zero-order valence-corrected chi connectivity index (χ0v) is 20.6. The highest BCUT2D eigenvalue weighted by molar-refractivity contribution is 14.0. The number of hydrogen-bond donors (Lipinski definition) is 3. The second-order valence-electron chi connectivity index (χ2n) is 7.81. The fraction of sp³-hybridized carbons (Fsp3) is 0.478. The number of guanidine groups is 1. The quantitative estimate of drug-likeness (QED) is 0.207. The molecule has 0 fully saturated rings. The Hall–Kier alpha value is -2.07. The summed E-state index contributed by atoms with van der Waals surface area (Å²) >= 11 is 0. The number of furan rings is 1. The minimum absolute atomic E-state index is 0. The van der Waals surface area contributed by atoms with Crippen molar-refractivity contribution < 1.29 is 14.3 Å². The summed E-state index contributed by atoms with van der Waals surface area (Å²) in [5.41, 5.74) is 1.42. The first-order chi connectivity index (χ1) is 14.5. The molecule has 1 amide bonds. The van der Waals surface area contributed by atoms with Crippen LogP contribution in [0, 0.1) is 0 Å². The highest BCUT2D eigenvalue weighted by Gasteiger charge is 2.26. The van der Waals surface area contributed by atoms with Crippen LogP contribution in [0.5, 0.6) is 0 Å². The van der Waals surface area contributed by atoms with Gasteiger partial charge in [-0.1, -0.05) is 24.3 Å². The maximum Gasteiger partial charge on any atom is 0.222 e. The molecule has 0 spiro atoms. The lowest BCUT2D eigenvalue weighted by Gasteiger charge is -2.29. The van der Waals surface area contributed by atoms with Gasteiger partial charge in [-0.05, 0) is 49.9 Å². The molecule has 3 rings (SSSR count). The second kappa shape index (κ2) is 12.1. The summed E-state index contributed by atoms with van der Waals surface area (Å²) < 4.78 is 5.29. The molecular formula is C23H33IN4O3. The summed E-state index contributed by atoms with van der Waals surface area (Å²) in [5, 5.41) is 16.9. The van der Waals surface area contributed by atoms with Crippen LogP contribution in [0.3, 0.4) is 0 Å². The monoisotopic (exact) mass is 540 g/mol. The largest absolute Gasteiger partial charge is 0.466 e. The van der Waals surface area contributed by atoms with Crippen LogP contribution in [0.1, 0.15) is 43.6 Å². The third-order valence-electron chi connectivity index (χ3n) is 5.28. The van der Waals surface area contributed by atoms with E-state index in [0.29, 0.717) is 37.8 Å². The number of aliphatic hydroxyl groups is 1. The summed E-state index contributed by atoms with van der Waals surface area (Å²) in [4.78, 5) is 19.0. The van der Waals surface area contributed by atoms with Gasteiger partial charge in [-0.25, -0.2) is 4.99 Å². The first-order valence-electron chi connectivity index (χ1n) is 10.6. The standard InChI is InChI=1S/C23H32N4O3.HI/c1-3-24-22(26-17-23(2,29)20-10-7-15-30-20)25-13-6-11-21(28)27-14-12-18-8-4-5-9-19(18)16-27;/h4-5,7-10,15,29H,3,6,11-14,16-17H2,1-2H3,(H2,24,25,26);1H. The molecule has 7 nitrogen and oxygen atoms in total. The number of halogens is 1. The number of rotatable bonds is 8. The van der Waals surface area contributed by atoms with Crippen molar-refractivity contribution in [3.63, 3.8) is 0 Å². The summed E-state index contributed by atoms with van der Waals surface area (Å²) in [6.45, 7) is 6.66. The maximum atomic E-state index is 12.6. The Kier molecular flexibility index (Phi) is 9.83. The molecule has 31 heavy (non-hydrogen) atoms. The number of fused-ring (bicyclic) bond motifs is 1. The van der Waals surface area contributed by atoms with Gasteiger partial charge >= 0.3 is 0 Å². The van der Waals surface area contributed by atoms with E-state index in [9.17, 15) is 9.90 Å². The third-order valence-corrected chi connectivity index (χ3v) is 5.28. The van der Waals surface area contributed by atoms with E-state index in [0.717, 1.165) is 19.4 Å². The van der Waals surface area contributed by atoms with Gasteiger partial charge in [0.1, 0.15) is 11.4 Å². The van der Waals surface area contributed by atoms with Crippen LogP contribution in [-0.2, 0) is 23.4 Å². The average molecular weight is 540 g/mol. The minimum atomic E-state index is -1.17. The first kappa shape index (κ1) is 25.2. The molecule has 0 saturated carbocycles. The zero-order chi connectivity index (χ0) is 21.4. The lowest BCUT2D eigenvalue weighted by molar-refractivity contribution is -0.132. The number of carbonyl (C=O) groups excluding carboxylic acids is 1. The normalized spacial score (nSPS) is 15.5. The van der Waals surface area contributed by atoms with E-state index in [2.05, 4.69) is 33.8 Å². The Labute approximate surface area is 201 Å². The number of carbonyl (C=O) groups is 1. The highest BCUT2D eigenvalue weighted by atomic mass is 127. The van der Waals surface area contributed by atoms with Gasteiger partial charge in [-0.15, -0.1) is 24.0 Å². The van der Waals surface area contributed by atoms with Crippen LogP contribution in [0.2, 0.25) is 0 Å². The molecule has 1 aliphatic rings. The number of aliphatic imine (C=N–C) groups is 1.